The van der Waals surface area contributed by atoms with Crippen molar-refractivity contribution in [3.8, 4) is 0 Å². The van der Waals surface area contributed by atoms with Crippen LogP contribution in [0.25, 0.3) is 0 Å². The van der Waals surface area contributed by atoms with Crippen LogP contribution in [0.5, 0.6) is 0 Å². The monoisotopic (exact) mass is 476 g/mol. The number of nitrogens with one attached hydrogen (secondary N) is 1. The molecule has 0 aromatic heterocycles. The van der Waals surface area contributed by atoms with Crippen LogP contribution in [0.4, 0.5) is 0 Å². The lowest BCUT2D eigenvalue weighted by atomic mass is 10.1. The molecule has 2 amide bonds. The second kappa shape index (κ2) is 12.0. The molecule has 0 bridgehead atoms. The van der Waals surface area contributed by atoms with Crippen LogP contribution >= 0.6 is 27.7 Å². The van der Waals surface area contributed by atoms with Gasteiger partial charge in [-0.3, -0.25) is 9.59 Å². The average Bonchev–Trinajstić information content (AvgIpc) is 2.69. The van der Waals surface area contributed by atoms with Gasteiger partial charge in [-0.1, -0.05) is 64.8 Å². The molecule has 2 rings (SSSR count). The van der Waals surface area contributed by atoms with E-state index in [2.05, 4.69) is 46.4 Å². The number of thioether (sulfide) groups is 1. The van der Waals surface area contributed by atoms with Gasteiger partial charge in [-0.15, -0.1) is 11.8 Å². The SMILES string of the molecule is CCCNC(=O)C(C)N(Cc1cccc(Br)c1)C(=O)CSCc1cccc(C)c1. The Labute approximate surface area is 186 Å². The maximum atomic E-state index is 13.0. The number of hydrogen-bond acceptors (Lipinski definition) is 3. The van der Waals surface area contributed by atoms with E-state index in [9.17, 15) is 9.59 Å². The quantitative estimate of drug-likeness (QED) is 0.528. The van der Waals surface area contributed by atoms with Crippen molar-refractivity contribution in [3.05, 3.63) is 69.7 Å². The summed E-state index contributed by atoms with van der Waals surface area (Å²) in [7, 11) is 0. The van der Waals surface area contributed by atoms with Gasteiger partial charge >= 0.3 is 0 Å². The van der Waals surface area contributed by atoms with E-state index in [4.69, 9.17) is 0 Å². The topological polar surface area (TPSA) is 49.4 Å². The molecule has 0 aliphatic rings. The van der Waals surface area contributed by atoms with Gasteiger partial charge in [0.1, 0.15) is 6.04 Å². The first-order valence-corrected chi connectivity index (χ1v) is 11.8. The van der Waals surface area contributed by atoms with Crippen molar-refractivity contribution in [1.29, 1.82) is 0 Å². The molecule has 156 valence electrons. The molecule has 0 aliphatic carbocycles. The molecule has 1 N–H and O–H groups in total. The Kier molecular flexibility index (Phi) is 9.74. The van der Waals surface area contributed by atoms with Crippen LogP contribution in [0, 0.1) is 6.92 Å². The summed E-state index contributed by atoms with van der Waals surface area (Å²) in [5.41, 5.74) is 3.41. The van der Waals surface area contributed by atoms with E-state index < -0.39 is 6.04 Å². The second-order valence-corrected chi connectivity index (χ2v) is 9.00. The van der Waals surface area contributed by atoms with Crippen molar-refractivity contribution in [3.63, 3.8) is 0 Å². The molecule has 0 saturated carbocycles. The number of carbonyl (C=O) groups excluding carboxylic acids is 2. The Morgan fingerprint density at radius 1 is 1.14 bits per heavy atom. The van der Waals surface area contributed by atoms with E-state index in [1.807, 2.05) is 37.3 Å². The standard InChI is InChI=1S/C23H29BrN2O2S/c1-4-11-25-23(28)18(3)26(14-19-8-6-10-21(24)13-19)22(27)16-29-15-20-9-5-7-17(2)12-20/h5-10,12-13,18H,4,11,14-16H2,1-3H3,(H,25,28). The van der Waals surface area contributed by atoms with Gasteiger partial charge in [-0.2, -0.15) is 0 Å². The molecular formula is C23H29BrN2O2S. The summed E-state index contributed by atoms with van der Waals surface area (Å²) in [6.07, 6.45) is 0.865. The first-order valence-electron chi connectivity index (χ1n) is 9.85. The predicted molar refractivity (Wildman–Crippen MR) is 125 cm³/mol. The molecule has 0 aliphatic heterocycles. The molecule has 1 atom stereocenters. The zero-order chi connectivity index (χ0) is 21.2. The molecule has 2 aromatic carbocycles. The Morgan fingerprint density at radius 2 is 1.86 bits per heavy atom. The van der Waals surface area contributed by atoms with Crippen LogP contribution in [-0.2, 0) is 21.9 Å². The van der Waals surface area contributed by atoms with E-state index in [1.165, 1.54) is 11.1 Å². The lowest BCUT2D eigenvalue weighted by molar-refractivity contribution is -0.138. The summed E-state index contributed by atoms with van der Waals surface area (Å²) in [6.45, 7) is 6.90. The van der Waals surface area contributed by atoms with Crippen LogP contribution in [0.3, 0.4) is 0 Å². The van der Waals surface area contributed by atoms with Gasteiger partial charge in [-0.25, -0.2) is 0 Å². The summed E-state index contributed by atoms with van der Waals surface area (Å²) in [6, 6.07) is 15.6. The number of nitrogens with zero attached hydrogens (tertiary/aromatic N) is 1. The fourth-order valence-corrected chi connectivity index (χ4v) is 4.26. The summed E-state index contributed by atoms with van der Waals surface area (Å²) >= 11 is 5.06. The highest BCUT2D eigenvalue weighted by Crippen LogP contribution is 2.18. The summed E-state index contributed by atoms with van der Waals surface area (Å²) < 4.78 is 0.958. The van der Waals surface area contributed by atoms with Gasteiger partial charge in [0.25, 0.3) is 0 Å². The Bertz CT molecular complexity index is 828. The second-order valence-electron chi connectivity index (χ2n) is 7.10. The van der Waals surface area contributed by atoms with Crippen LogP contribution < -0.4 is 5.32 Å². The Hall–Kier alpha value is -1.79. The van der Waals surface area contributed by atoms with Gasteiger partial charge in [0.15, 0.2) is 0 Å². The molecule has 0 fully saturated rings. The summed E-state index contributed by atoms with van der Waals surface area (Å²) in [4.78, 5) is 27.2. The zero-order valence-electron chi connectivity index (χ0n) is 17.3. The lowest BCUT2D eigenvalue weighted by Gasteiger charge is -2.29. The molecule has 0 spiro atoms. The van der Waals surface area contributed by atoms with Gasteiger partial charge in [0.2, 0.25) is 11.8 Å². The predicted octanol–water partition coefficient (Wildman–Crippen LogP) is 4.93. The number of carbonyl (C=O) groups is 2. The highest BCUT2D eigenvalue weighted by molar-refractivity contribution is 9.10. The van der Waals surface area contributed by atoms with Crippen LogP contribution in [0.1, 0.15) is 37.0 Å². The molecular weight excluding hydrogens is 448 g/mol. The van der Waals surface area contributed by atoms with E-state index in [0.717, 1.165) is 22.2 Å². The summed E-state index contributed by atoms with van der Waals surface area (Å²) in [5.74, 6) is 0.975. The average molecular weight is 477 g/mol. The smallest absolute Gasteiger partial charge is 0.242 e. The number of benzene rings is 2. The Morgan fingerprint density at radius 3 is 2.55 bits per heavy atom. The lowest BCUT2D eigenvalue weighted by Crippen LogP contribution is -2.48. The van der Waals surface area contributed by atoms with Gasteiger partial charge in [0, 0.05) is 23.3 Å². The third-order valence-electron chi connectivity index (χ3n) is 4.54. The van der Waals surface area contributed by atoms with E-state index in [0.29, 0.717) is 18.8 Å². The third kappa shape index (κ3) is 7.86. The molecule has 6 heteroatoms. The van der Waals surface area contributed by atoms with Gasteiger partial charge in [0.05, 0.1) is 5.75 Å². The maximum absolute atomic E-state index is 13.0. The minimum absolute atomic E-state index is 0.0261. The zero-order valence-corrected chi connectivity index (χ0v) is 19.7. The highest BCUT2D eigenvalue weighted by Gasteiger charge is 2.25. The van der Waals surface area contributed by atoms with Crippen LogP contribution in [0.15, 0.2) is 53.0 Å². The van der Waals surface area contributed by atoms with Crippen molar-refractivity contribution >= 4 is 39.5 Å². The number of aryl methyl sites for hydroxylation is 1. The van der Waals surface area contributed by atoms with E-state index >= 15 is 0 Å². The van der Waals surface area contributed by atoms with Crippen molar-refractivity contribution in [1.82, 2.24) is 10.2 Å². The molecule has 0 heterocycles. The van der Waals surface area contributed by atoms with Crippen LogP contribution in [-0.4, -0.2) is 35.1 Å². The van der Waals surface area contributed by atoms with Crippen molar-refractivity contribution < 1.29 is 9.59 Å². The van der Waals surface area contributed by atoms with E-state index in [-0.39, 0.29) is 11.8 Å². The largest absolute Gasteiger partial charge is 0.354 e. The molecule has 29 heavy (non-hydrogen) atoms. The molecule has 1 unspecified atom stereocenters. The third-order valence-corrected chi connectivity index (χ3v) is 6.02. The molecule has 0 saturated heterocycles. The minimum atomic E-state index is -0.521. The molecule has 4 nitrogen and oxygen atoms in total. The van der Waals surface area contributed by atoms with Crippen molar-refractivity contribution in [2.45, 2.75) is 45.5 Å². The number of amides is 2. The molecule has 0 radical (unpaired) electrons. The normalized spacial score (nSPS) is 11.7. The van der Waals surface area contributed by atoms with Crippen molar-refractivity contribution in [2.75, 3.05) is 12.3 Å². The fraction of sp³-hybridized carbons (Fsp3) is 0.391. The van der Waals surface area contributed by atoms with E-state index in [1.54, 1.807) is 23.6 Å². The number of halogens is 1. The minimum Gasteiger partial charge on any atom is -0.354 e. The van der Waals surface area contributed by atoms with Gasteiger partial charge in [-0.05, 0) is 43.5 Å². The first-order chi connectivity index (χ1) is 13.9. The highest BCUT2D eigenvalue weighted by atomic mass is 79.9. The number of hydrogen-bond donors (Lipinski definition) is 1. The maximum Gasteiger partial charge on any atom is 0.242 e. The number of rotatable bonds is 10. The first kappa shape index (κ1) is 23.5. The summed E-state index contributed by atoms with van der Waals surface area (Å²) in [5, 5.41) is 2.90. The van der Waals surface area contributed by atoms with Crippen molar-refractivity contribution in [2.24, 2.45) is 0 Å². The van der Waals surface area contributed by atoms with Gasteiger partial charge < -0.3 is 10.2 Å². The molecule has 2 aromatic rings. The fourth-order valence-electron chi connectivity index (χ4n) is 2.95. The van der Waals surface area contributed by atoms with Crippen LogP contribution in [0.2, 0.25) is 0 Å². The Balaban J connectivity index is 2.05.